The first-order valence-electron chi connectivity index (χ1n) is 5.72. The van der Waals surface area contributed by atoms with Gasteiger partial charge in [-0.05, 0) is 6.92 Å². The number of hydrogen-bond donors (Lipinski definition) is 3. The quantitative estimate of drug-likeness (QED) is 0.770. The molecular weight excluding hydrogens is 246 g/mol. The maximum atomic E-state index is 12.0. The minimum Gasteiger partial charge on any atom is -0.480 e. The Bertz CT molecular complexity index is 592. The third kappa shape index (κ3) is 2.79. The fraction of sp³-hybridized carbons (Fsp3) is 0.154. The van der Waals surface area contributed by atoms with Crippen LogP contribution in [0.1, 0.15) is 17.3 Å². The van der Waals surface area contributed by atoms with Crippen LogP contribution in [0.15, 0.2) is 36.5 Å². The first-order chi connectivity index (χ1) is 9.09. The molecule has 0 spiro atoms. The molecule has 19 heavy (non-hydrogen) atoms. The second kappa shape index (κ2) is 5.34. The number of amides is 1. The normalized spacial score (nSPS) is 11.8. The van der Waals surface area contributed by atoms with E-state index in [0.717, 1.165) is 5.56 Å². The van der Waals surface area contributed by atoms with Crippen molar-refractivity contribution in [1.82, 2.24) is 15.5 Å². The summed E-state index contributed by atoms with van der Waals surface area (Å²) in [6, 6.07) is 8.28. The fourth-order valence-corrected chi connectivity index (χ4v) is 1.62. The van der Waals surface area contributed by atoms with Crippen molar-refractivity contribution in [1.29, 1.82) is 0 Å². The van der Waals surface area contributed by atoms with Gasteiger partial charge in [-0.3, -0.25) is 14.7 Å². The van der Waals surface area contributed by atoms with Crippen molar-refractivity contribution in [2.45, 2.75) is 13.0 Å². The minimum absolute atomic E-state index is 0.319. The van der Waals surface area contributed by atoms with Crippen LogP contribution in [0.4, 0.5) is 0 Å². The Labute approximate surface area is 109 Å². The Morgan fingerprint density at radius 1 is 1.32 bits per heavy atom. The zero-order valence-corrected chi connectivity index (χ0v) is 10.3. The molecule has 0 aliphatic carbocycles. The molecule has 0 saturated carbocycles. The van der Waals surface area contributed by atoms with Crippen LogP contribution < -0.4 is 5.32 Å². The van der Waals surface area contributed by atoms with E-state index in [1.807, 2.05) is 30.3 Å². The summed E-state index contributed by atoms with van der Waals surface area (Å²) in [6.45, 7) is 1.41. The average Bonchev–Trinajstić information content (AvgIpc) is 2.88. The van der Waals surface area contributed by atoms with Crippen molar-refractivity contribution in [2.75, 3.05) is 0 Å². The lowest BCUT2D eigenvalue weighted by Crippen LogP contribution is -2.38. The molecule has 0 radical (unpaired) electrons. The van der Waals surface area contributed by atoms with Gasteiger partial charge in [0.2, 0.25) is 0 Å². The lowest BCUT2D eigenvalue weighted by atomic mass is 10.1. The zero-order chi connectivity index (χ0) is 13.8. The highest BCUT2D eigenvalue weighted by Gasteiger charge is 2.19. The Balaban J connectivity index is 2.25. The maximum absolute atomic E-state index is 12.0. The van der Waals surface area contributed by atoms with Gasteiger partial charge in [0.15, 0.2) is 0 Å². The van der Waals surface area contributed by atoms with Gasteiger partial charge in [0, 0.05) is 5.56 Å². The van der Waals surface area contributed by atoms with E-state index in [4.69, 9.17) is 5.11 Å². The molecule has 0 saturated heterocycles. The Hall–Kier alpha value is -2.63. The van der Waals surface area contributed by atoms with Gasteiger partial charge < -0.3 is 10.4 Å². The molecule has 1 amide bonds. The number of H-pyrrole nitrogens is 1. The highest BCUT2D eigenvalue weighted by Crippen LogP contribution is 2.20. The third-order valence-corrected chi connectivity index (χ3v) is 2.66. The number of carboxylic acid groups (broad SMARTS) is 1. The number of nitrogens with zero attached hydrogens (tertiary/aromatic N) is 1. The average molecular weight is 259 g/mol. The number of benzene rings is 1. The number of hydrogen-bond acceptors (Lipinski definition) is 3. The van der Waals surface area contributed by atoms with Crippen LogP contribution >= 0.6 is 0 Å². The van der Waals surface area contributed by atoms with Gasteiger partial charge in [-0.25, -0.2) is 0 Å². The molecule has 1 aromatic carbocycles. The van der Waals surface area contributed by atoms with E-state index in [1.165, 1.54) is 13.1 Å². The van der Waals surface area contributed by atoms with Crippen LogP contribution in [0.5, 0.6) is 0 Å². The van der Waals surface area contributed by atoms with Crippen molar-refractivity contribution >= 4 is 11.9 Å². The minimum atomic E-state index is -1.09. The van der Waals surface area contributed by atoms with Crippen LogP contribution in [0.3, 0.4) is 0 Å². The fourth-order valence-electron chi connectivity index (χ4n) is 1.62. The number of nitrogens with one attached hydrogen (secondary N) is 2. The molecule has 2 rings (SSSR count). The van der Waals surface area contributed by atoms with Gasteiger partial charge in [-0.15, -0.1) is 0 Å². The van der Waals surface area contributed by atoms with Crippen LogP contribution in [-0.4, -0.2) is 33.2 Å². The summed E-state index contributed by atoms with van der Waals surface area (Å²) in [5, 5.41) is 17.8. The van der Waals surface area contributed by atoms with Gasteiger partial charge in [0.1, 0.15) is 6.04 Å². The molecule has 0 aliphatic heterocycles. The highest BCUT2D eigenvalue weighted by atomic mass is 16.4. The second-order valence-corrected chi connectivity index (χ2v) is 4.06. The predicted molar refractivity (Wildman–Crippen MR) is 68.6 cm³/mol. The molecular formula is C13H13N3O3. The first kappa shape index (κ1) is 12.8. The van der Waals surface area contributed by atoms with Crippen molar-refractivity contribution in [2.24, 2.45) is 0 Å². The van der Waals surface area contributed by atoms with Gasteiger partial charge in [-0.2, -0.15) is 5.10 Å². The highest BCUT2D eigenvalue weighted by molar-refractivity contribution is 6.01. The lowest BCUT2D eigenvalue weighted by molar-refractivity contribution is -0.138. The Kier molecular flexibility index (Phi) is 3.61. The van der Waals surface area contributed by atoms with E-state index in [0.29, 0.717) is 11.3 Å². The molecule has 3 N–H and O–H groups in total. The number of rotatable bonds is 4. The lowest BCUT2D eigenvalue weighted by Gasteiger charge is -2.09. The summed E-state index contributed by atoms with van der Waals surface area (Å²) in [6.07, 6.45) is 1.38. The molecule has 1 heterocycles. The van der Waals surface area contributed by atoms with E-state index in [9.17, 15) is 9.59 Å². The van der Waals surface area contributed by atoms with Gasteiger partial charge in [-0.1, -0.05) is 30.3 Å². The molecule has 2 aromatic rings. The van der Waals surface area contributed by atoms with Crippen molar-refractivity contribution in [3.8, 4) is 11.3 Å². The van der Waals surface area contributed by atoms with Crippen LogP contribution in [0.2, 0.25) is 0 Å². The molecule has 1 aromatic heterocycles. The van der Waals surface area contributed by atoms with Crippen LogP contribution in [0, 0.1) is 0 Å². The van der Waals surface area contributed by atoms with Crippen molar-refractivity contribution in [3.63, 3.8) is 0 Å². The topological polar surface area (TPSA) is 95.1 Å². The summed E-state index contributed by atoms with van der Waals surface area (Å²) in [7, 11) is 0. The van der Waals surface area contributed by atoms with Crippen molar-refractivity contribution in [3.05, 3.63) is 42.1 Å². The monoisotopic (exact) mass is 259 g/mol. The number of carboxylic acids is 1. The zero-order valence-electron chi connectivity index (χ0n) is 10.3. The van der Waals surface area contributed by atoms with Gasteiger partial charge in [0.05, 0.1) is 17.5 Å². The largest absolute Gasteiger partial charge is 0.480 e. The summed E-state index contributed by atoms with van der Waals surface area (Å²) in [5.74, 6) is -1.55. The molecule has 0 aliphatic rings. The van der Waals surface area contributed by atoms with Crippen LogP contribution in [-0.2, 0) is 4.79 Å². The molecule has 98 valence electrons. The predicted octanol–water partition coefficient (Wildman–Crippen LogP) is 1.28. The Morgan fingerprint density at radius 2 is 2.00 bits per heavy atom. The number of carbonyl (C=O) groups is 2. The summed E-state index contributed by atoms with van der Waals surface area (Å²) >= 11 is 0. The van der Waals surface area contributed by atoms with Gasteiger partial charge in [0.25, 0.3) is 5.91 Å². The van der Waals surface area contributed by atoms with Crippen molar-refractivity contribution < 1.29 is 14.7 Å². The van der Waals surface area contributed by atoms with E-state index in [-0.39, 0.29) is 0 Å². The van der Waals surface area contributed by atoms with Crippen LogP contribution in [0.25, 0.3) is 11.3 Å². The second-order valence-electron chi connectivity index (χ2n) is 4.06. The standard InChI is InChI=1S/C13H13N3O3/c1-8(13(18)19)15-12(17)10-7-14-16-11(10)9-5-3-2-4-6-9/h2-8H,1H3,(H,14,16)(H,15,17)(H,18,19). The van der Waals surface area contributed by atoms with E-state index < -0.39 is 17.9 Å². The van der Waals surface area contributed by atoms with E-state index >= 15 is 0 Å². The summed E-state index contributed by atoms with van der Waals surface area (Å²) < 4.78 is 0. The molecule has 1 atom stereocenters. The number of aromatic amines is 1. The SMILES string of the molecule is CC(NC(=O)c1cn[nH]c1-c1ccccc1)C(=O)O. The summed E-state index contributed by atoms with van der Waals surface area (Å²) in [4.78, 5) is 22.7. The third-order valence-electron chi connectivity index (χ3n) is 2.66. The molecule has 1 unspecified atom stereocenters. The number of carbonyl (C=O) groups excluding carboxylic acids is 1. The number of aliphatic carboxylic acids is 1. The summed E-state index contributed by atoms with van der Waals surface area (Å²) in [5.41, 5.74) is 1.70. The molecule has 6 heteroatoms. The first-order valence-corrected chi connectivity index (χ1v) is 5.72. The smallest absolute Gasteiger partial charge is 0.325 e. The van der Waals surface area contributed by atoms with E-state index in [1.54, 1.807) is 0 Å². The molecule has 0 bridgehead atoms. The van der Waals surface area contributed by atoms with E-state index in [2.05, 4.69) is 15.5 Å². The van der Waals surface area contributed by atoms with Gasteiger partial charge >= 0.3 is 5.97 Å². The maximum Gasteiger partial charge on any atom is 0.325 e. The number of aromatic nitrogens is 2. The molecule has 0 fully saturated rings. The Morgan fingerprint density at radius 3 is 2.63 bits per heavy atom. The molecule has 6 nitrogen and oxygen atoms in total.